The van der Waals surface area contributed by atoms with Crippen LogP contribution in [0.4, 0.5) is 18.0 Å². The molecule has 0 heterocycles. The zero-order valence-corrected chi connectivity index (χ0v) is 31.7. The molecule has 266 valence electrons. The summed E-state index contributed by atoms with van der Waals surface area (Å²) in [5, 5.41) is 2.37. The van der Waals surface area contributed by atoms with Crippen molar-refractivity contribution in [1.29, 1.82) is 0 Å². The summed E-state index contributed by atoms with van der Waals surface area (Å²) in [5.74, 6) is -0.261. The van der Waals surface area contributed by atoms with Crippen molar-refractivity contribution >= 4 is 36.7 Å². The lowest BCUT2D eigenvalue weighted by Crippen LogP contribution is -2.53. The monoisotopic (exact) mass is 723 g/mol. The number of benzene rings is 2. The number of amides is 1. The van der Waals surface area contributed by atoms with E-state index in [1.165, 1.54) is 6.07 Å². The topological polar surface area (TPSA) is 73.9 Å². The SMILES string of the molecule is CC[C@@](CCc1ccc(OCCCc2ccc(Cl)c(Cl)c2)c(C(F)(F)F)c1)(COP(=O)(C(C)(C)C)C(C)(C)C)NC(=O)OC(C)(C)C. The normalized spacial score (nSPS) is 14.4. The maximum Gasteiger partial charge on any atom is 0.419 e. The first-order valence-electron chi connectivity index (χ1n) is 15.9. The van der Waals surface area contributed by atoms with Gasteiger partial charge in [0.05, 0.1) is 34.4 Å². The van der Waals surface area contributed by atoms with E-state index in [0.717, 1.165) is 11.6 Å². The minimum absolute atomic E-state index is 0.0698. The zero-order valence-electron chi connectivity index (χ0n) is 29.3. The van der Waals surface area contributed by atoms with E-state index >= 15 is 0 Å². The summed E-state index contributed by atoms with van der Waals surface area (Å²) in [6.07, 6.45) is -3.59. The average molecular weight is 725 g/mol. The number of nitrogens with one attached hydrogen (secondary N) is 1. The molecule has 0 saturated carbocycles. The Kier molecular flexibility index (Phi) is 13.8. The smallest absolute Gasteiger partial charge is 0.419 e. The van der Waals surface area contributed by atoms with Crippen molar-refractivity contribution in [1.82, 2.24) is 5.32 Å². The Bertz CT molecular complexity index is 1400. The van der Waals surface area contributed by atoms with E-state index in [-0.39, 0.29) is 31.8 Å². The van der Waals surface area contributed by atoms with Gasteiger partial charge in [0, 0.05) is 10.3 Å². The maximum atomic E-state index is 14.3. The molecule has 1 N–H and O–H groups in total. The lowest BCUT2D eigenvalue weighted by molar-refractivity contribution is -0.139. The van der Waals surface area contributed by atoms with Gasteiger partial charge < -0.3 is 19.3 Å². The van der Waals surface area contributed by atoms with Gasteiger partial charge in [-0.2, -0.15) is 13.2 Å². The van der Waals surface area contributed by atoms with Crippen LogP contribution in [0, 0.1) is 0 Å². The van der Waals surface area contributed by atoms with Gasteiger partial charge >= 0.3 is 12.3 Å². The molecule has 0 radical (unpaired) electrons. The molecule has 0 fully saturated rings. The fourth-order valence-electron chi connectivity index (χ4n) is 5.28. The molecule has 0 aliphatic heterocycles. The Morgan fingerprint density at radius 3 is 1.94 bits per heavy atom. The number of carbonyl (C=O) groups excluding carboxylic acids is 1. The summed E-state index contributed by atoms with van der Waals surface area (Å²) >= 11 is 12.0. The van der Waals surface area contributed by atoms with Crippen molar-refractivity contribution in [3.05, 3.63) is 63.1 Å². The largest absolute Gasteiger partial charge is 0.493 e. The van der Waals surface area contributed by atoms with Crippen LogP contribution in [0.5, 0.6) is 5.75 Å². The molecule has 12 heteroatoms. The Balaban J connectivity index is 2.31. The van der Waals surface area contributed by atoms with Crippen LogP contribution in [0.3, 0.4) is 0 Å². The molecule has 1 amide bonds. The zero-order chi connectivity index (χ0) is 36.1. The summed E-state index contributed by atoms with van der Waals surface area (Å²) < 4.78 is 74.3. The van der Waals surface area contributed by atoms with Crippen LogP contribution >= 0.6 is 30.6 Å². The number of aryl methyl sites for hydroxylation is 2. The van der Waals surface area contributed by atoms with E-state index < -0.39 is 46.7 Å². The highest BCUT2D eigenvalue weighted by Gasteiger charge is 2.49. The van der Waals surface area contributed by atoms with Crippen molar-refractivity contribution in [2.75, 3.05) is 13.2 Å². The fourth-order valence-corrected chi connectivity index (χ4v) is 8.82. The minimum Gasteiger partial charge on any atom is -0.493 e. The number of ether oxygens (including phenoxy) is 2. The minimum atomic E-state index is -4.65. The van der Waals surface area contributed by atoms with Gasteiger partial charge in [-0.1, -0.05) is 83.8 Å². The maximum absolute atomic E-state index is 14.3. The first-order chi connectivity index (χ1) is 21.3. The number of alkyl carbamates (subject to hydrolysis) is 1. The van der Waals surface area contributed by atoms with E-state index in [2.05, 4.69) is 5.32 Å². The van der Waals surface area contributed by atoms with Gasteiger partial charge in [0.15, 0.2) is 0 Å². The number of hydrogen-bond acceptors (Lipinski definition) is 5. The molecule has 0 spiro atoms. The molecule has 0 aliphatic carbocycles. The van der Waals surface area contributed by atoms with Crippen molar-refractivity contribution < 1.29 is 36.5 Å². The lowest BCUT2D eigenvalue weighted by Gasteiger charge is -2.43. The Labute approximate surface area is 288 Å². The van der Waals surface area contributed by atoms with Gasteiger partial charge in [-0.15, -0.1) is 0 Å². The van der Waals surface area contributed by atoms with Gasteiger partial charge in [-0.05, 0) is 88.3 Å². The molecule has 2 aromatic carbocycles. The second-order valence-corrected chi connectivity index (χ2v) is 19.8. The van der Waals surface area contributed by atoms with Gasteiger partial charge in [0.25, 0.3) is 0 Å². The van der Waals surface area contributed by atoms with Crippen LogP contribution in [0.2, 0.25) is 10.0 Å². The molecule has 1 atom stereocenters. The van der Waals surface area contributed by atoms with Crippen molar-refractivity contribution in [2.24, 2.45) is 0 Å². The number of carbonyl (C=O) groups is 1. The molecular formula is C35H51Cl2F3NO5P. The van der Waals surface area contributed by atoms with Crippen molar-refractivity contribution in [2.45, 2.75) is 129 Å². The molecule has 47 heavy (non-hydrogen) atoms. The highest BCUT2D eigenvalue weighted by atomic mass is 35.5. The lowest BCUT2D eigenvalue weighted by atomic mass is 9.89. The number of rotatable bonds is 13. The summed E-state index contributed by atoms with van der Waals surface area (Å²) in [6, 6.07) is 9.22. The molecule has 0 bridgehead atoms. The first kappa shape index (κ1) is 41.2. The standard InChI is InChI=1S/C35H51Cl2F3NO5P/c1-11-34(41-30(42)46-31(2,3)4,23-45-47(43,32(5,6)7)33(8,9)10)19-18-25-15-17-29(26(21-25)35(38,39)40)44-20-12-13-24-14-16-27(36)28(37)22-24/h14-17,21-22H,11-13,18-20,23H2,1-10H3,(H,41,42)/t34-/m1/s1. The third-order valence-electron chi connectivity index (χ3n) is 7.82. The molecule has 0 aromatic heterocycles. The predicted octanol–water partition coefficient (Wildman–Crippen LogP) is 11.5. The van der Waals surface area contributed by atoms with Crippen LogP contribution < -0.4 is 10.1 Å². The van der Waals surface area contributed by atoms with E-state index in [1.807, 2.05) is 54.5 Å². The van der Waals surface area contributed by atoms with Gasteiger partial charge in [-0.3, -0.25) is 4.57 Å². The Morgan fingerprint density at radius 2 is 1.43 bits per heavy atom. The Morgan fingerprint density at radius 1 is 0.851 bits per heavy atom. The predicted molar refractivity (Wildman–Crippen MR) is 185 cm³/mol. The molecule has 0 aliphatic rings. The second-order valence-electron chi connectivity index (χ2n) is 15.0. The number of alkyl halides is 3. The summed E-state index contributed by atoms with van der Waals surface area (Å²) in [5.41, 5.74) is -1.44. The second kappa shape index (κ2) is 15.7. The summed E-state index contributed by atoms with van der Waals surface area (Å²) in [4.78, 5) is 13.0. The van der Waals surface area contributed by atoms with Gasteiger partial charge in [0.2, 0.25) is 7.37 Å². The van der Waals surface area contributed by atoms with Crippen LogP contribution in [0.1, 0.15) is 105 Å². The fraction of sp³-hybridized carbons (Fsp3) is 0.629. The summed E-state index contributed by atoms with van der Waals surface area (Å²) in [6.45, 7) is 18.1. The molecule has 0 unspecified atom stereocenters. The first-order valence-corrected chi connectivity index (χ1v) is 18.2. The summed E-state index contributed by atoms with van der Waals surface area (Å²) in [7, 11) is -3.32. The van der Waals surface area contributed by atoms with Crippen LogP contribution in [0.15, 0.2) is 36.4 Å². The van der Waals surface area contributed by atoms with Crippen molar-refractivity contribution in [3.63, 3.8) is 0 Å². The third kappa shape index (κ3) is 11.9. The molecule has 6 nitrogen and oxygen atoms in total. The highest BCUT2D eigenvalue weighted by molar-refractivity contribution is 7.62. The molecule has 2 aromatic rings. The average Bonchev–Trinajstić information content (AvgIpc) is 2.91. The van der Waals surface area contributed by atoms with E-state index in [0.29, 0.717) is 34.9 Å². The Hall–Kier alpha value is -1.93. The number of hydrogen-bond donors (Lipinski definition) is 1. The van der Waals surface area contributed by atoms with Gasteiger partial charge in [0.1, 0.15) is 11.4 Å². The highest BCUT2D eigenvalue weighted by Crippen LogP contribution is 2.67. The van der Waals surface area contributed by atoms with Crippen molar-refractivity contribution in [3.8, 4) is 5.75 Å². The number of halogens is 5. The van der Waals surface area contributed by atoms with Gasteiger partial charge in [-0.25, -0.2) is 4.79 Å². The molecule has 0 saturated heterocycles. The third-order valence-corrected chi connectivity index (χ3v) is 12.6. The van der Waals surface area contributed by atoms with Crippen LogP contribution in [-0.2, 0) is 32.8 Å². The molecular weight excluding hydrogens is 673 g/mol. The van der Waals surface area contributed by atoms with E-state index in [4.69, 9.17) is 37.2 Å². The van der Waals surface area contributed by atoms with Crippen LogP contribution in [0.25, 0.3) is 0 Å². The quantitative estimate of drug-likeness (QED) is 0.164. The van der Waals surface area contributed by atoms with E-state index in [1.54, 1.807) is 39.0 Å². The van der Waals surface area contributed by atoms with Crippen LogP contribution in [-0.4, -0.2) is 40.8 Å². The molecule has 2 rings (SSSR count). The van der Waals surface area contributed by atoms with E-state index in [9.17, 15) is 22.5 Å².